The highest BCUT2D eigenvalue weighted by molar-refractivity contribution is 7.09. The monoisotopic (exact) mass is 272 g/mol. The summed E-state index contributed by atoms with van der Waals surface area (Å²) in [6.07, 6.45) is 3.23. The summed E-state index contributed by atoms with van der Waals surface area (Å²) in [6.45, 7) is 5.96. The lowest BCUT2D eigenvalue weighted by atomic mass is 10.1. The summed E-state index contributed by atoms with van der Waals surface area (Å²) in [4.78, 5) is 16.1. The van der Waals surface area contributed by atoms with Crippen LogP contribution in [0.5, 0.6) is 0 Å². The maximum absolute atomic E-state index is 11.8. The number of nitrogens with zero attached hydrogens (tertiary/aromatic N) is 1. The third kappa shape index (κ3) is 4.03. The molecule has 0 saturated carbocycles. The summed E-state index contributed by atoms with van der Waals surface area (Å²) in [6, 6.07) is 5.97. The first-order chi connectivity index (χ1) is 9.02. The number of aromatic nitrogens is 1. The largest absolute Gasteiger partial charge is 0.322 e. The minimum Gasteiger partial charge on any atom is -0.322 e. The maximum Gasteiger partial charge on any atom is 0.248 e. The number of nitrogens with one attached hydrogen (secondary N) is 1. The second kappa shape index (κ2) is 5.80. The molecule has 0 saturated heterocycles. The number of carbonyl (C=O) groups excluding carboxylic acids is 1. The van der Waals surface area contributed by atoms with Crippen molar-refractivity contribution >= 4 is 29.0 Å². The molecule has 0 aliphatic rings. The molecular formula is C15H16N2OS. The van der Waals surface area contributed by atoms with Gasteiger partial charge in [0.05, 0.1) is 10.7 Å². The molecular weight excluding hydrogens is 256 g/mol. The lowest BCUT2D eigenvalue weighted by Crippen LogP contribution is -2.08. The van der Waals surface area contributed by atoms with Crippen molar-refractivity contribution in [3.05, 3.63) is 51.5 Å². The highest BCUT2D eigenvalue weighted by atomic mass is 32.1. The molecule has 3 nitrogen and oxygen atoms in total. The van der Waals surface area contributed by atoms with E-state index in [4.69, 9.17) is 0 Å². The van der Waals surface area contributed by atoms with E-state index in [2.05, 4.69) is 16.4 Å². The van der Waals surface area contributed by atoms with Gasteiger partial charge in [0.15, 0.2) is 0 Å². The number of amides is 1. The molecule has 19 heavy (non-hydrogen) atoms. The number of hydrogen-bond donors (Lipinski definition) is 1. The van der Waals surface area contributed by atoms with Crippen LogP contribution in [0.15, 0.2) is 29.7 Å². The van der Waals surface area contributed by atoms with E-state index in [1.807, 2.05) is 38.3 Å². The molecule has 0 radical (unpaired) electrons. The lowest BCUT2D eigenvalue weighted by Gasteiger charge is -2.05. The summed E-state index contributed by atoms with van der Waals surface area (Å²) in [5.41, 5.74) is 3.91. The molecule has 1 aromatic carbocycles. The molecule has 0 spiro atoms. The SMILES string of the molecule is Cc1cc(C)cc(NC(=O)/C=C/c2csc(C)n2)c1. The molecule has 0 atom stereocenters. The molecule has 98 valence electrons. The number of benzene rings is 1. The third-order valence-electron chi connectivity index (χ3n) is 2.53. The Morgan fingerprint density at radius 1 is 1.21 bits per heavy atom. The molecule has 1 heterocycles. The van der Waals surface area contributed by atoms with Crippen LogP contribution in [0, 0.1) is 20.8 Å². The Labute approximate surface area is 117 Å². The third-order valence-corrected chi connectivity index (χ3v) is 3.32. The number of thiazole rings is 1. The zero-order chi connectivity index (χ0) is 13.8. The fourth-order valence-corrected chi connectivity index (χ4v) is 2.43. The van der Waals surface area contributed by atoms with Gasteiger partial charge in [0, 0.05) is 17.1 Å². The van der Waals surface area contributed by atoms with Gasteiger partial charge in [-0.15, -0.1) is 11.3 Å². The highest BCUT2D eigenvalue weighted by Crippen LogP contribution is 2.14. The fourth-order valence-electron chi connectivity index (χ4n) is 1.85. The van der Waals surface area contributed by atoms with Crippen molar-refractivity contribution < 1.29 is 4.79 Å². The van der Waals surface area contributed by atoms with Gasteiger partial charge < -0.3 is 5.32 Å². The molecule has 0 unspecified atom stereocenters. The number of aryl methyl sites for hydroxylation is 3. The zero-order valence-electron chi connectivity index (χ0n) is 11.2. The van der Waals surface area contributed by atoms with Crippen LogP contribution in [0.3, 0.4) is 0 Å². The fraction of sp³-hybridized carbons (Fsp3) is 0.200. The van der Waals surface area contributed by atoms with E-state index in [0.717, 1.165) is 27.5 Å². The Hall–Kier alpha value is -1.94. The molecule has 2 aromatic rings. The average Bonchev–Trinajstić information content (AvgIpc) is 2.71. The van der Waals surface area contributed by atoms with Crippen LogP contribution in [0.25, 0.3) is 6.08 Å². The van der Waals surface area contributed by atoms with Crippen LogP contribution in [0.4, 0.5) is 5.69 Å². The Morgan fingerprint density at radius 2 is 1.89 bits per heavy atom. The first-order valence-electron chi connectivity index (χ1n) is 6.02. The molecule has 0 fully saturated rings. The molecule has 1 aromatic heterocycles. The van der Waals surface area contributed by atoms with E-state index in [9.17, 15) is 4.79 Å². The predicted molar refractivity (Wildman–Crippen MR) is 80.4 cm³/mol. The second-order valence-corrected chi connectivity index (χ2v) is 5.55. The Balaban J connectivity index is 2.03. The number of anilines is 1. The molecule has 4 heteroatoms. The van der Waals surface area contributed by atoms with Gasteiger partial charge >= 0.3 is 0 Å². The second-order valence-electron chi connectivity index (χ2n) is 4.49. The standard InChI is InChI=1S/C15H16N2OS/c1-10-6-11(2)8-14(7-10)17-15(18)5-4-13-9-19-12(3)16-13/h4-9H,1-3H3,(H,17,18)/b5-4+. The number of carbonyl (C=O) groups is 1. The van der Waals surface area contributed by atoms with Crippen molar-refractivity contribution in [3.63, 3.8) is 0 Å². The van der Waals surface area contributed by atoms with Crippen molar-refractivity contribution in [2.45, 2.75) is 20.8 Å². The summed E-state index contributed by atoms with van der Waals surface area (Å²) < 4.78 is 0. The van der Waals surface area contributed by atoms with Crippen LogP contribution >= 0.6 is 11.3 Å². The van der Waals surface area contributed by atoms with E-state index in [1.54, 1.807) is 17.4 Å². The van der Waals surface area contributed by atoms with E-state index in [0.29, 0.717) is 0 Å². The number of rotatable bonds is 3. The Bertz CT molecular complexity index is 609. The summed E-state index contributed by atoms with van der Waals surface area (Å²) in [5, 5.41) is 5.77. The number of hydrogen-bond acceptors (Lipinski definition) is 3. The van der Waals surface area contributed by atoms with E-state index in [1.165, 1.54) is 6.08 Å². The van der Waals surface area contributed by atoms with E-state index in [-0.39, 0.29) is 5.91 Å². The van der Waals surface area contributed by atoms with Gasteiger partial charge in [-0.1, -0.05) is 6.07 Å². The average molecular weight is 272 g/mol. The van der Waals surface area contributed by atoms with Gasteiger partial charge in [-0.2, -0.15) is 0 Å². The van der Waals surface area contributed by atoms with E-state index >= 15 is 0 Å². The highest BCUT2D eigenvalue weighted by Gasteiger charge is 2.00. The van der Waals surface area contributed by atoms with E-state index < -0.39 is 0 Å². The van der Waals surface area contributed by atoms with Gasteiger partial charge in [0.25, 0.3) is 0 Å². The normalized spacial score (nSPS) is 10.9. The van der Waals surface area contributed by atoms with Crippen LogP contribution in [0.2, 0.25) is 0 Å². The Morgan fingerprint density at radius 3 is 2.47 bits per heavy atom. The predicted octanol–water partition coefficient (Wildman–Crippen LogP) is 3.72. The first kappa shape index (κ1) is 13.5. The van der Waals surface area contributed by atoms with Crippen LogP contribution in [-0.2, 0) is 4.79 Å². The summed E-state index contributed by atoms with van der Waals surface area (Å²) >= 11 is 1.57. The van der Waals surface area contributed by atoms with Gasteiger partial charge in [0.1, 0.15) is 0 Å². The lowest BCUT2D eigenvalue weighted by molar-refractivity contribution is -0.111. The van der Waals surface area contributed by atoms with Crippen molar-refractivity contribution in [2.75, 3.05) is 5.32 Å². The van der Waals surface area contributed by atoms with Crippen LogP contribution in [0.1, 0.15) is 21.8 Å². The molecule has 0 aliphatic heterocycles. The molecule has 0 bridgehead atoms. The minimum absolute atomic E-state index is 0.143. The minimum atomic E-state index is -0.143. The van der Waals surface area contributed by atoms with Crippen molar-refractivity contribution in [3.8, 4) is 0 Å². The van der Waals surface area contributed by atoms with Gasteiger partial charge in [-0.05, 0) is 50.1 Å². The summed E-state index contributed by atoms with van der Waals surface area (Å²) in [7, 11) is 0. The van der Waals surface area contributed by atoms with Crippen molar-refractivity contribution in [2.24, 2.45) is 0 Å². The quantitative estimate of drug-likeness (QED) is 0.865. The van der Waals surface area contributed by atoms with Gasteiger partial charge in [-0.25, -0.2) is 4.98 Å². The molecule has 0 aliphatic carbocycles. The van der Waals surface area contributed by atoms with Crippen molar-refractivity contribution in [1.29, 1.82) is 0 Å². The van der Waals surface area contributed by atoms with Gasteiger partial charge in [0.2, 0.25) is 5.91 Å². The van der Waals surface area contributed by atoms with Crippen LogP contribution < -0.4 is 5.32 Å². The zero-order valence-corrected chi connectivity index (χ0v) is 12.0. The first-order valence-corrected chi connectivity index (χ1v) is 6.90. The summed E-state index contributed by atoms with van der Waals surface area (Å²) in [5.74, 6) is -0.143. The molecule has 1 amide bonds. The topological polar surface area (TPSA) is 42.0 Å². The smallest absolute Gasteiger partial charge is 0.248 e. The molecule has 1 N–H and O–H groups in total. The van der Waals surface area contributed by atoms with Crippen LogP contribution in [-0.4, -0.2) is 10.9 Å². The maximum atomic E-state index is 11.8. The van der Waals surface area contributed by atoms with Crippen molar-refractivity contribution in [1.82, 2.24) is 4.98 Å². The molecule has 2 rings (SSSR count). The Kier molecular flexibility index (Phi) is 4.12. The van der Waals surface area contributed by atoms with Gasteiger partial charge in [-0.3, -0.25) is 4.79 Å².